The predicted octanol–water partition coefficient (Wildman–Crippen LogP) is 5.28. The Hall–Kier alpha value is -2.60. The summed E-state index contributed by atoms with van der Waals surface area (Å²) >= 11 is 6.31. The number of imidazole rings is 1. The topological polar surface area (TPSA) is 60.0 Å². The first kappa shape index (κ1) is 19.2. The Balaban J connectivity index is 1.84. The summed E-state index contributed by atoms with van der Waals surface area (Å²) in [7, 11) is 1.56. The Morgan fingerprint density at radius 1 is 1.26 bits per heavy atom. The predicted molar refractivity (Wildman–Crippen MR) is 103 cm³/mol. The van der Waals surface area contributed by atoms with Gasteiger partial charge < -0.3 is 14.5 Å². The number of nitrogens with one attached hydrogen (secondary N) is 1. The van der Waals surface area contributed by atoms with Crippen LogP contribution in [-0.2, 0) is 6.61 Å². The van der Waals surface area contributed by atoms with Gasteiger partial charge in [0.1, 0.15) is 46.3 Å². The van der Waals surface area contributed by atoms with E-state index in [2.05, 4.69) is 15.0 Å². The van der Waals surface area contributed by atoms with E-state index >= 15 is 0 Å². The van der Waals surface area contributed by atoms with Gasteiger partial charge in [-0.3, -0.25) is 4.98 Å². The smallest absolute Gasteiger partial charge is 0.148 e. The summed E-state index contributed by atoms with van der Waals surface area (Å²) in [6, 6.07) is 6.74. The minimum absolute atomic E-state index is 0.0231. The van der Waals surface area contributed by atoms with E-state index in [0.29, 0.717) is 22.3 Å². The number of nitrogens with zero attached hydrogens (tertiary/aromatic N) is 2. The maximum atomic E-state index is 13.9. The van der Waals surface area contributed by atoms with Crippen molar-refractivity contribution in [1.82, 2.24) is 15.0 Å². The molecule has 2 aromatic heterocycles. The van der Waals surface area contributed by atoms with Crippen LogP contribution < -0.4 is 9.47 Å². The minimum atomic E-state index is -0.386. The molecule has 1 N–H and O–H groups in total. The first-order valence-corrected chi connectivity index (χ1v) is 8.94. The highest BCUT2D eigenvalue weighted by atomic mass is 35.5. The zero-order valence-corrected chi connectivity index (χ0v) is 16.4. The van der Waals surface area contributed by atoms with Gasteiger partial charge in [-0.2, -0.15) is 0 Å². The number of hydrogen-bond donors (Lipinski definition) is 1. The Labute approximate surface area is 162 Å². The van der Waals surface area contributed by atoms with E-state index < -0.39 is 0 Å². The van der Waals surface area contributed by atoms with Gasteiger partial charge in [-0.15, -0.1) is 0 Å². The molecule has 0 amide bonds. The number of rotatable bonds is 6. The summed E-state index contributed by atoms with van der Waals surface area (Å²) in [6.45, 7) is 5.88. The summed E-state index contributed by atoms with van der Waals surface area (Å²) in [4.78, 5) is 11.7. The van der Waals surface area contributed by atoms with Gasteiger partial charge in [-0.25, -0.2) is 9.37 Å². The second kappa shape index (κ2) is 7.96. The lowest BCUT2D eigenvalue weighted by atomic mass is 10.1. The van der Waals surface area contributed by atoms with Gasteiger partial charge in [0.05, 0.1) is 7.11 Å². The second-order valence-corrected chi connectivity index (χ2v) is 6.91. The van der Waals surface area contributed by atoms with Crippen LogP contribution in [0.3, 0.4) is 0 Å². The third-order valence-electron chi connectivity index (χ3n) is 4.08. The summed E-state index contributed by atoms with van der Waals surface area (Å²) in [5.41, 5.74) is 2.38. The first-order valence-electron chi connectivity index (χ1n) is 8.56. The SMILES string of the molecule is COc1cc(OCc2ncc(C)cc2F)ccc1-c1nc(C(C)C)[nH]c1Cl. The van der Waals surface area contributed by atoms with Crippen molar-refractivity contribution in [3.05, 3.63) is 58.5 Å². The molecule has 0 unspecified atom stereocenters. The number of hydrogen-bond acceptors (Lipinski definition) is 4. The number of halogens is 2. The number of methoxy groups -OCH3 is 1. The third kappa shape index (κ3) is 4.22. The molecule has 3 aromatic rings. The van der Waals surface area contributed by atoms with Gasteiger partial charge in [-0.1, -0.05) is 25.4 Å². The number of aromatic nitrogens is 3. The maximum absolute atomic E-state index is 13.9. The van der Waals surface area contributed by atoms with E-state index in [4.69, 9.17) is 21.1 Å². The average molecular weight is 390 g/mol. The molecule has 0 saturated carbocycles. The molecule has 7 heteroatoms. The van der Waals surface area contributed by atoms with Gasteiger partial charge in [0.2, 0.25) is 0 Å². The monoisotopic (exact) mass is 389 g/mol. The summed E-state index contributed by atoms with van der Waals surface area (Å²) in [5.74, 6) is 1.74. The molecule has 0 spiro atoms. The van der Waals surface area contributed by atoms with E-state index in [0.717, 1.165) is 17.0 Å². The Morgan fingerprint density at radius 2 is 2.04 bits per heavy atom. The largest absolute Gasteiger partial charge is 0.496 e. The minimum Gasteiger partial charge on any atom is -0.496 e. The van der Waals surface area contributed by atoms with Gasteiger partial charge in [-0.05, 0) is 30.7 Å². The molecule has 0 saturated heterocycles. The summed E-state index contributed by atoms with van der Waals surface area (Å²) in [6.07, 6.45) is 1.61. The normalized spacial score (nSPS) is 11.1. The van der Waals surface area contributed by atoms with Crippen molar-refractivity contribution in [2.75, 3.05) is 7.11 Å². The Morgan fingerprint density at radius 3 is 2.67 bits per heavy atom. The molecule has 5 nitrogen and oxygen atoms in total. The zero-order chi connectivity index (χ0) is 19.6. The molecule has 27 heavy (non-hydrogen) atoms. The number of aromatic amines is 1. The van der Waals surface area contributed by atoms with E-state index in [1.807, 2.05) is 19.9 Å². The molecule has 2 heterocycles. The highest BCUT2D eigenvalue weighted by molar-refractivity contribution is 6.32. The van der Waals surface area contributed by atoms with Crippen LogP contribution in [-0.4, -0.2) is 22.1 Å². The molecule has 0 radical (unpaired) electrons. The van der Waals surface area contributed by atoms with E-state index in [-0.39, 0.29) is 24.0 Å². The van der Waals surface area contributed by atoms with Crippen LogP contribution in [0.4, 0.5) is 4.39 Å². The molecule has 0 bridgehead atoms. The van der Waals surface area contributed by atoms with Crippen molar-refractivity contribution in [1.29, 1.82) is 0 Å². The average Bonchev–Trinajstić information content (AvgIpc) is 3.02. The van der Waals surface area contributed by atoms with Crippen LogP contribution >= 0.6 is 11.6 Å². The molecule has 0 aliphatic carbocycles. The van der Waals surface area contributed by atoms with Crippen molar-refractivity contribution >= 4 is 11.6 Å². The lowest BCUT2D eigenvalue weighted by Gasteiger charge is -2.11. The summed E-state index contributed by atoms with van der Waals surface area (Å²) < 4.78 is 25.1. The van der Waals surface area contributed by atoms with Gasteiger partial charge >= 0.3 is 0 Å². The maximum Gasteiger partial charge on any atom is 0.148 e. The highest BCUT2D eigenvalue weighted by Crippen LogP contribution is 2.36. The van der Waals surface area contributed by atoms with Crippen molar-refractivity contribution in [2.24, 2.45) is 0 Å². The van der Waals surface area contributed by atoms with E-state index in [1.165, 1.54) is 6.07 Å². The van der Waals surface area contributed by atoms with Crippen molar-refractivity contribution in [3.63, 3.8) is 0 Å². The zero-order valence-electron chi connectivity index (χ0n) is 15.6. The lowest BCUT2D eigenvalue weighted by Crippen LogP contribution is -2.02. The van der Waals surface area contributed by atoms with Crippen molar-refractivity contribution < 1.29 is 13.9 Å². The molecule has 0 fully saturated rings. The Bertz CT molecular complexity index is 956. The number of H-pyrrole nitrogens is 1. The van der Waals surface area contributed by atoms with Gasteiger partial charge in [0.25, 0.3) is 0 Å². The van der Waals surface area contributed by atoms with E-state index in [9.17, 15) is 4.39 Å². The molecular weight excluding hydrogens is 369 g/mol. The number of ether oxygens (including phenoxy) is 2. The fourth-order valence-corrected chi connectivity index (χ4v) is 2.84. The fourth-order valence-electron chi connectivity index (χ4n) is 2.60. The number of pyridine rings is 1. The molecule has 1 aromatic carbocycles. The molecule has 0 aliphatic heterocycles. The molecular formula is C20H21ClFN3O2. The van der Waals surface area contributed by atoms with Gasteiger partial charge in [0.15, 0.2) is 0 Å². The highest BCUT2D eigenvalue weighted by Gasteiger charge is 2.17. The van der Waals surface area contributed by atoms with Crippen LogP contribution in [0.2, 0.25) is 5.15 Å². The third-order valence-corrected chi connectivity index (χ3v) is 4.36. The standard InChI is InChI=1S/C20H21ClFN3O2/c1-11(2)20-24-18(19(21)25-20)14-6-5-13(8-17(14)26-4)27-10-16-15(22)7-12(3)9-23-16/h5-9,11H,10H2,1-4H3,(H,24,25). The molecule has 0 aliphatic rings. The van der Waals surface area contributed by atoms with Gasteiger partial charge in [0, 0.05) is 23.7 Å². The number of aryl methyl sites for hydroxylation is 1. The van der Waals surface area contributed by atoms with Crippen LogP contribution in [0, 0.1) is 12.7 Å². The quantitative estimate of drug-likeness (QED) is 0.622. The van der Waals surface area contributed by atoms with Crippen LogP contribution in [0.1, 0.15) is 36.8 Å². The van der Waals surface area contributed by atoms with Crippen LogP contribution in [0.5, 0.6) is 11.5 Å². The van der Waals surface area contributed by atoms with E-state index in [1.54, 1.807) is 32.4 Å². The molecule has 0 atom stereocenters. The lowest BCUT2D eigenvalue weighted by molar-refractivity contribution is 0.292. The summed E-state index contributed by atoms with van der Waals surface area (Å²) in [5, 5.41) is 0.455. The van der Waals surface area contributed by atoms with Crippen LogP contribution in [0.25, 0.3) is 11.3 Å². The number of benzene rings is 1. The van der Waals surface area contributed by atoms with Crippen molar-refractivity contribution in [3.8, 4) is 22.8 Å². The second-order valence-electron chi connectivity index (χ2n) is 6.53. The molecule has 3 rings (SSSR count). The van der Waals surface area contributed by atoms with Crippen LogP contribution in [0.15, 0.2) is 30.5 Å². The Kier molecular flexibility index (Phi) is 5.65. The molecule has 142 valence electrons. The fraction of sp³-hybridized carbons (Fsp3) is 0.300. The first-order chi connectivity index (χ1) is 12.9. The van der Waals surface area contributed by atoms with Crippen molar-refractivity contribution in [2.45, 2.75) is 33.3 Å².